The lowest BCUT2D eigenvalue weighted by molar-refractivity contribution is -0.274. The van der Waals surface area contributed by atoms with Crippen LogP contribution in [0.3, 0.4) is 0 Å². The summed E-state index contributed by atoms with van der Waals surface area (Å²) >= 11 is 0. The normalized spacial score (nSPS) is 11.6. The zero-order valence-corrected chi connectivity index (χ0v) is 17.2. The topological polar surface area (TPSA) is 9.23 Å². The predicted octanol–water partition coefficient (Wildman–Crippen LogP) is 8.42. The monoisotopic (exact) mass is 420 g/mol. The molecule has 31 heavy (non-hydrogen) atoms. The molecule has 0 saturated heterocycles. The van der Waals surface area contributed by atoms with Crippen LogP contribution in [0, 0.1) is 0 Å². The number of hydrogen-bond donors (Lipinski definition) is 0. The van der Waals surface area contributed by atoms with Crippen LogP contribution in [0.15, 0.2) is 84.9 Å². The van der Waals surface area contributed by atoms with E-state index in [0.29, 0.717) is 0 Å². The van der Waals surface area contributed by atoms with Gasteiger partial charge in [0, 0.05) is 0 Å². The van der Waals surface area contributed by atoms with Crippen molar-refractivity contribution in [3.05, 3.63) is 90.5 Å². The summed E-state index contributed by atoms with van der Waals surface area (Å²) in [7, 11) is 0. The lowest BCUT2D eigenvalue weighted by Crippen LogP contribution is -2.16. The fourth-order valence-corrected chi connectivity index (χ4v) is 3.81. The molecule has 0 amide bonds. The van der Waals surface area contributed by atoms with E-state index in [4.69, 9.17) is 0 Å². The van der Waals surface area contributed by atoms with Crippen LogP contribution in [-0.2, 0) is 6.42 Å². The highest BCUT2D eigenvalue weighted by Gasteiger charge is 2.30. The summed E-state index contributed by atoms with van der Waals surface area (Å²) in [6.07, 6.45) is -1.21. The van der Waals surface area contributed by atoms with Crippen LogP contribution in [0.2, 0.25) is 0 Å². The molecule has 4 aromatic rings. The van der Waals surface area contributed by atoms with Crippen LogP contribution < -0.4 is 4.74 Å². The summed E-state index contributed by atoms with van der Waals surface area (Å²) < 4.78 is 40.9. The van der Waals surface area contributed by atoms with E-state index >= 15 is 0 Å². The summed E-state index contributed by atoms with van der Waals surface area (Å²) in [6.45, 7) is 2.20. The third-order valence-electron chi connectivity index (χ3n) is 5.38. The summed E-state index contributed by atoms with van der Waals surface area (Å²) in [5.41, 5.74) is 5.40. The molecule has 0 radical (unpaired) electrons. The van der Waals surface area contributed by atoms with Gasteiger partial charge in [-0.25, -0.2) is 0 Å². The van der Waals surface area contributed by atoms with Crippen molar-refractivity contribution in [3.8, 4) is 28.0 Å². The molecule has 0 heterocycles. The summed E-state index contributed by atoms with van der Waals surface area (Å²) in [4.78, 5) is 0. The number of rotatable bonds is 6. The summed E-state index contributed by atoms with van der Waals surface area (Å²) in [6, 6.07) is 27.0. The number of ether oxygens (including phenoxy) is 1. The number of fused-ring (bicyclic) bond motifs is 1. The van der Waals surface area contributed by atoms with Crippen LogP contribution in [0.5, 0.6) is 5.75 Å². The van der Waals surface area contributed by atoms with Crippen LogP contribution in [0.4, 0.5) is 13.2 Å². The van der Waals surface area contributed by atoms with Crippen molar-refractivity contribution in [1.29, 1.82) is 0 Å². The van der Waals surface area contributed by atoms with E-state index in [1.165, 1.54) is 46.9 Å². The first kappa shape index (κ1) is 21.0. The van der Waals surface area contributed by atoms with Gasteiger partial charge >= 0.3 is 6.36 Å². The average Bonchev–Trinajstić information content (AvgIpc) is 2.77. The van der Waals surface area contributed by atoms with Crippen molar-refractivity contribution in [2.24, 2.45) is 0 Å². The van der Waals surface area contributed by atoms with Crippen molar-refractivity contribution >= 4 is 10.8 Å². The molecule has 4 heteroatoms. The molecule has 0 unspecified atom stereocenters. The fourth-order valence-electron chi connectivity index (χ4n) is 3.81. The Balaban J connectivity index is 1.59. The predicted molar refractivity (Wildman–Crippen MR) is 120 cm³/mol. The smallest absolute Gasteiger partial charge is 0.406 e. The Hall–Kier alpha value is -3.27. The summed E-state index contributed by atoms with van der Waals surface area (Å²) in [5, 5.41) is 2.44. The number of unbranched alkanes of at least 4 members (excludes halogenated alkanes) is 1. The SMILES string of the molecule is CCCCc1ccc2c(-c3ccc(-c4ccc(OC(F)(F)F)cc4)cc3)cccc2c1. The minimum atomic E-state index is -4.68. The summed E-state index contributed by atoms with van der Waals surface area (Å²) in [5.74, 6) is -0.220. The first-order valence-electron chi connectivity index (χ1n) is 10.4. The largest absolute Gasteiger partial charge is 0.573 e. The first-order valence-corrected chi connectivity index (χ1v) is 10.4. The van der Waals surface area contributed by atoms with Gasteiger partial charge in [0.2, 0.25) is 0 Å². The van der Waals surface area contributed by atoms with Gasteiger partial charge in [-0.2, -0.15) is 0 Å². The van der Waals surface area contributed by atoms with Crippen molar-refractivity contribution in [2.75, 3.05) is 0 Å². The van der Waals surface area contributed by atoms with Crippen LogP contribution in [0.25, 0.3) is 33.0 Å². The standard InChI is InChI=1S/C27H23F3O/c1-2-3-5-19-8-17-26-23(18-19)6-4-7-25(26)22-11-9-20(10-12-22)21-13-15-24(16-14-21)31-27(28,29)30/h4,6-18H,2-3,5H2,1H3. The van der Waals surface area contributed by atoms with Gasteiger partial charge in [0.1, 0.15) is 5.75 Å². The Morgan fingerprint density at radius 2 is 1.39 bits per heavy atom. The van der Waals surface area contributed by atoms with Gasteiger partial charge in [-0.05, 0) is 63.6 Å². The molecule has 0 fully saturated rings. The van der Waals surface area contributed by atoms with E-state index in [1.54, 1.807) is 12.1 Å². The molecule has 1 nitrogen and oxygen atoms in total. The zero-order valence-electron chi connectivity index (χ0n) is 17.2. The molecule has 0 aliphatic carbocycles. The molecule has 0 atom stereocenters. The third kappa shape index (κ3) is 5.08. The van der Waals surface area contributed by atoms with Crippen molar-refractivity contribution in [1.82, 2.24) is 0 Å². The molecule has 158 valence electrons. The van der Waals surface area contributed by atoms with Gasteiger partial charge in [0.25, 0.3) is 0 Å². The first-order chi connectivity index (χ1) is 14.9. The second-order valence-corrected chi connectivity index (χ2v) is 7.61. The molecule has 0 aliphatic heterocycles. The van der Waals surface area contributed by atoms with Gasteiger partial charge in [0.05, 0.1) is 0 Å². The highest BCUT2D eigenvalue weighted by atomic mass is 19.4. The van der Waals surface area contributed by atoms with Gasteiger partial charge in [-0.3, -0.25) is 0 Å². The average molecular weight is 420 g/mol. The molecule has 0 aromatic heterocycles. The number of halogens is 3. The quantitative estimate of drug-likeness (QED) is 0.304. The maximum absolute atomic E-state index is 12.3. The van der Waals surface area contributed by atoms with E-state index in [1.807, 2.05) is 12.1 Å². The molecule has 0 spiro atoms. The maximum atomic E-state index is 12.3. The molecule has 4 rings (SSSR count). The molecule has 0 N–H and O–H groups in total. The molecule has 0 bridgehead atoms. The van der Waals surface area contributed by atoms with Crippen molar-refractivity contribution in [3.63, 3.8) is 0 Å². The van der Waals surface area contributed by atoms with Gasteiger partial charge in [-0.1, -0.05) is 86.1 Å². The van der Waals surface area contributed by atoms with E-state index < -0.39 is 6.36 Å². The van der Waals surface area contributed by atoms with E-state index in [-0.39, 0.29) is 5.75 Å². The number of alkyl halides is 3. The minimum Gasteiger partial charge on any atom is -0.406 e. The van der Waals surface area contributed by atoms with E-state index in [2.05, 4.69) is 60.2 Å². The van der Waals surface area contributed by atoms with Gasteiger partial charge in [-0.15, -0.1) is 13.2 Å². The molecular weight excluding hydrogens is 397 g/mol. The van der Waals surface area contributed by atoms with Gasteiger partial charge < -0.3 is 4.74 Å². The Kier molecular flexibility index (Phi) is 5.99. The Bertz CT molecular complexity index is 1160. The van der Waals surface area contributed by atoms with E-state index in [0.717, 1.165) is 23.1 Å². The van der Waals surface area contributed by atoms with Gasteiger partial charge in [0.15, 0.2) is 0 Å². The number of hydrogen-bond acceptors (Lipinski definition) is 1. The van der Waals surface area contributed by atoms with E-state index in [9.17, 15) is 13.2 Å². The second-order valence-electron chi connectivity index (χ2n) is 7.61. The molecular formula is C27H23F3O. The highest BCUT2D eigenvalue weighted by Crippen LogP contribution is 2.32. The highest BCUT2D eigenvalue weighted by molar-refractivity contribution is 5.97. The Labute approximate surface area is 180 Å². The maximum Gasteiger partial charge on any atom is 0.573 e. The minimum absolute atomic E-state index is 0.220. The molecule has 0 saturated carbocycles. The second kappa shape index (κ2) is 8.84. The Morgan fingerprint density at radius 1 is 0.742 bits per heavy atom. The molecule has 4 aromatic carbocycles. The van der Waals surface area contributed by atoms with Crippen LogP contribution in [0.1, 0.15) is 25.3 Å². The fraction of sp³-hybridized carbons (Fsp3) is 0.185. The van der Waals surface area contributed by atoms with Crippen molar-refractivity contribution in [2.45, 2.75) is 32.5 Å². The van der Waals surface area contributed by atoms with Crippen LogP contribution in [-0.4, -0.2) is 6.36 Å². The number of benzene rings is 4. The third-order valence-corrected chi connectivity index (χ3v) is 5.38. The number of aryl methyl sites for hydroxylation is 1. The van der Waals surface area contributed by atoms with Crippen LogP contribution >= 0.6 is 0 Å². The lowest BCUT2D eigenvalue weighted by Gasteiger charge is -2.11. The Morgan fingerprint density at radius 3 is 2.03 bits per heavy atom. The molecule has 0 aliphatic rings. The zero-order chi connectivity index (χ0) is 21.8. The lowest BCUT2D eigenvalue weighted by atomic mass is 9.94. The van der Waals surface area contributed by atoms with Crippen molar-refractivity contribution < 1.29 is 17.9 Å².